The van der Waals surface area contributed by atoms with Crippen LogP contribution in [0.2, 0.25) is 0 Å². The number of nitrogens with one attached hydrogen (secondary N) is 1. The molecule has 0 aliphatic rings. The Morgan fingerprint density at radius 3 is 2.55 bits per heavy atom. The fourth-order valence-corrected chi connectivity index (χ4v) is 2.77. The van der Waals surface area contributed by atoms with Crippen molar-refractivity contribution in [3.63, 3.8) is 0 Å². The van der Waals surface area contributed by atoms with Gasteiger partial charge in [-0.25, -0.2) is 4.39 Å². The Bertz CT molecular complexity index is 441. The van der Waals surface area contributed by atoms with Gasteiger partial charge in [0, 0.05) is 17.6 Å². The molecule has 0 saturated carbocycles. The largest absolute Gasteiger partial charge is 0.396 e. The van der Waals surface area contributed by atoms with Crippen LogP contribution in [-0.2, 0) is 0 Å². The highest BCUT2D eigenvalue weighted by Gasteiger charge is 2.27. The maximum absolute atomic E-state index is 13.7. The lowest BCUT2D eigenvalue weighted by molar-refractivity contribution is 0.0902. The second-order valence-corrected chi connectivity index (χ2v) is 5.81. The molecule has 0 aromatic heterocycles. The molecule has 0 aliphatic heterocycles. The van der Waals surface area contributed by atoms with Crippen molar-refractivity contribution < 1.29 is 14.3 Å². The third-order valence-corrected chi connectivity index (χ3v) is 4.62. The van der Waals surface area contributed by atoms with E-state index in [0.29, 0.717) is 17.4 Å². The van der Waals surface area contributed by atoms with Gasteiger partial charge in [-0.05, 0) is 52.7 Å². The molecule has 0 spiro atoms. The van der Waals surface area contributed by atoms with Crippen molar-refractivity contribution in [3.8, 4) is 0 Å². The van der Waals surface area contributed by atoms with Gasteiger partial charge in [0.2, 0.25) is 0 Å². The summed E-state index contributed by atoms with van der Waals surface area (Å²) in [5.41, 5.74) is -0.111. The highest BCUT2D eigenvalue weighted by Crippen LogP contribution is 2.29. The van der Waals surface area contributed by atoms with Gasteiger partial charge < -0.3 is 10.4 Å². The number of halogens is 2. The van der Waals surface area contributed by atoms with E-state index in [1.165, 1.54) is 6.07 Å². The van der Waals surface area contributed by atoms with Crippen LogP contribution in [0, 0.1) is 11.2 Å². The molecule has 0 saturated heterocycles. The van der Waals surface area contributed by atoms with E-state index in [1.807, 2.05) is 13.8 Å². The number of carbonyl (C=O) groups excluding carboxylic acids is 1. The van der Waals surface area contributed by atoms with E-state index < -0.39 is 11.7 Å². The van der Waals surface area contributed by atoms with Crippen LogP contribution in [0.15, 0.2) is 22.7 Å². The Kier molecular flexibility index (Phi) is 6.62. The summed E-state index contributed by atoms with van der Waals surface area (Å²) in [6.07, 6.45) is 2.32. The maximum atomic E-state index is 13.7. The van der Waals surface area contributed by atoms with Gasteiger partial charge in [0.25, 0.3) is 5.91 Å². The summed E-state index contributed by atoms with van der Waals surface area (Å²) in [5.74, 6) is -0.975. The SMILES string of the molecule is CCC(CC)(CCO)CNC(=O)c1c(F)cccc1Br. The molecule has 1 amide bonds. The normalized spacial score (nSPS) is 11.4. The third kappa shape index (κ3) is 4.03. The molecule has 0 bridgehead atoms. The number of hydrogen-bond acceptors (Lipinski definition) is 2. The molecular weight excluding hydrogens is 325 g/mol. The lowest BCUT2D eigenvalue weighted by Crippen LogP contribution is -2.38. The monoisotopic (exact) mass is 345 g/mol. The zero-order chi connectivity index (χ0) is 15.2. The summed E-state index contributed by atoms with van der Waals surface area (Å²) in [5, 5.41) is 11.9. The van der Waals surface area contributed by atoms with Crippen LogP contribution >= 0.6 is 15.9 Å². The number of aliphatic hydroxyl groups excluding tert-OH is 1. The molecule has 0 radical (unpaired) electrons. The van der Waals surface area contributed by atoms with Crippen LogP contribution < -0.4 is 5.32 Å². The maximum Gasteiger partial charge on any atom is 0.255 e. The molecule has 3 nitrogen and oxygen atoms in total. The predicted octanol–water partition coefficient (Wildman–Crippen LogP) is 3.51. The fraction of sp³-hybridized carbons (Fsp3) is 0.533. The quantitative estimate of drug-likeness (QED) is 0.794. The van der Waals surface area contributed by atoms with Crippen LogP contribution in [0.25, 0.3) is 0 Å². The van der Waals surface area contributed by atoms with E-state index >= 15 is 0 Å². The van der Waals surface area contributed by atoms with Crippen molar-refractivity contribution in [2.24, 2.45) is 5.41 Å². The van der Waals surface area contributed by atoms with E-state index in [4.69, 9.17) is 5.11 Å². The van der Waals surface area contributed by atoms with Crippen molar-refractivity contribution >= 4 is 21.8 Å². The molecule has 0 unspecified atom stereocenters. The van der Waals surface area contributed by atoms with E-state index in [0.717, 1.165) is 12.8 Å². The Labute approximate surface area is 127 Å². The summed E-state index contributed by atoms with van der Waals surface area (Å²) in [7, 11) is 0. The van der Waals surface area contributed by atoms with Crippen LogP contribution in [0.4, 0.5) is 4.39 Å². The van der Waals surface area contributed by atoms with Gasteiger partial charge in [-0.3, -0.25) is 4.79 Å². The molecule has 20 heavy (non-hydrogen) atoms. The summed E-state index contributed by atoms with van der Waals surface area (Å²) in [6, 6.07) is 4.45. The van der Waals surface area contributed by atoms with E-state index in [-0.39, 0.29) is 17.6 Å². The van der Waals surface area contributed by atoms with E-state index in [2.05, 4.69) is 21.2 Å². The van der Waals surface area contributed by atoms with Crippen molar-refractivity contribution in [3.05, 3.63) is 34.1 Å². The van der Waals surface area contributed by atoms with Gasteiger partial charge in [0.05, 0.1) is 5.56 Å². The Hall–Kier alpha value is -0.940. The number of carbonyl (C=O) groups is 1. The molecule has 0 fully saturated rings. The number of rotatable bonds is 7. The molecule has 1 rings (SSSR count). The van der Waals surface area contributed by atoms with Gasteiger partial charge in [-0.15, -0.1) is 0 Å². The summed E-state index contributed by atoms with van der Waals surface area (Å²) in [6.45, 7) is 4.58. The summed E-state index contributed by atoms with van der Waals surface area (Å²) < 4.78 is 14.1. The Morgan fingerprint density at radius 1 is 1.40 bits per heavy atom. The van der Waals surface area contributed by atoms with E-state index in [9.17, 15) is 9.18 Å². The molecule has 1 aromatic rings. The molecule has 5 heteroatoms. The van der Waals surface area contributed by atoms with Crippen LogP contribution in [0.1, 0.15) is 43.5 Å². The molecule has 1 aromatic carbocycles. The summed E-state index contributed by atoms with van der Waals surface area (Å²) >= 11 is 3.19. The zero-order valence-corrected chi connectivity index (χ0v) is 13.5. The van der Waals surface area contributed by atoms with Gasteiger partial charge in [0.15, 0.2) is 0 Å². The smallest absolute Gasteiger partial charge is 0.255 e. The Morgan fingerprint density at radius 2 is 2.05 bits per heavy atom. The van der Waals surface area contributed by atoms with Gasteiger partial charge >= 0.3 is 0 Å². The standard InChI is InChI=1S/C15H21BrFNO2/c1-3-15(4-2,8-9-19)10-18-14(20)13-11(16)6-5-7-12(13)17/h5-7,19H,3-4,8-10H2,1-2H3,(H,18,20). The number of hydrogen-bond donors (Lipinski definition) is 2. The number of amides is 1. The van der Waals surface area contributed by atoms with Crippen molar-refractivity contribution in [2.45, 2.75) is 33.1 Å². The van der Waals surface area contributed by atoms with Crippen molar-refractivity contribution in [1.29, 1.82) is 0 Å². The minimum Gasteiger partial charge on any atom is -0.396 e. The number of aliphatic hydroxyl groups is 1. The predicted molar refractivity (Wildman–Crippen MR) is 81.2 cm³/mol. The van der Waals surface area contributed by atoms with Gasteiger partial charge in [0.1, 0.15) is 5.82 Å². The average molecular weight is 346 g/mol. The second-order valence-electron chi connectivity index (χ2n) is 4.96. The second kappa shape index (κ2) is 7.74. The molecular formula is C15H21BrFNO2. The lowest BCUT2D eigenvalue weighted by atomic mass is 9.79. The first kappa shape index (κ1) is 17.1. The van der Waals surface area contributed by atoms with Crippen LogP contribution in [0.3, 0.4) is 0 Å². The number of benzene rings is 1. The van der Waals surface area contributed by atoms with Gasteiger partial charge in [-0.1, -0.05) is 19.9 Å². The van der Waals surface area contributed by atoms with Crippen molar-refractivity contribution in [2.75, 3.05) is 13.2 Å². The van der Waals surface area contributed by atoms with Crippen LogP contribution in [0.5, 0.6) is 0 Å². The average Bonchev–Trinajstić information content (AvgIpc) is 2.43. The molecule has 0 aliphatic carbocycles. The highest BCUT2D eigenvalue weighted by atomic mass is 79.9. The Balaban J connectivity index is 2.81. The van der Waals surface area contributed by atoms with E-state index in [1.54, 1.807) is 12.1 Å². The topological polar surface area (TPSA) is 49.3 Å². The first-order valence-corrected chi connectivity index (χ1v) is 7.62. The summed E-state index contributed by atoms with van der Waals surface area (Å²) in [4.78, 5) is 12.1. The third-order valence-electron chi connectivity index (χ3n) is 3.96. The molecule has 0 heterocycles. The van der Waals surface area contributed by atoms with Gasteiger partial charge in [-0.2, -0.15) is 0 Å². The zero-order valence-electron chi connectivity index (χ0n) is 11.9. The minimum atomic E-state index is -0.544. The highest BCUT2D eigenvalue weighted by molar-refractivity contribution is 9.10. The lowest BCUT2D eigenvalue weighted by Gasteiger charge is -2.31. The van der Waals surface area contributed by atoms with Crippen LogP contribution in [-0.4, -0.2) is 24.2 Å². The molecule has 2 N–H and O–H groups in total. The van der Waals surface area contributed by atoms with Crippen molar-refractivity contribution in [1.82, 2.24) is 5.32 Å². The first-order valence-electron chi connectivity index (χ1n) is 6.82. The first-order chi connectivity index (χ1) is 9.49. The minimum absolute atomic E-state index is 0.0256. The fourth-order valence-electron chi connectivity index (χ4n) is 2.25. The molecule has 0 atom stereocenters. The molecule has 112 valence electrons.